The van der Waals surface area contributed by atoms with Crippen LogP contribution in [-0.2, 0) is 4.79 Å². The summed E-state index contributed by atoms with van der Waals surface area (Å²) in [6, 6.07) is 0. The highest BCUT2D eigenvalue weighted by Crippen LogP contribution is 2.38. The highest BCUT2D eigenvalue weighted by Gasteiger charge is 2.35. The molecule has 0 bridgehead atoms. The van der Waals surface area contributed by atoms with Gasteiger partial charge in [-0.3, -0.25) is 4.79 Å². The number of hydrogen-bond acceptors (Lipinski definition) is 2. The van der Waals surface area contributed by atoms with E-state index in [1.54, 1.807) is 13.8 Å². The molecular formula is C10H18O3. The molecule has 2 N–H and O–H groups in total. The average Bonchev–Trinajstić information content (AvgIpc) is 2.32. The van der Waals surface area contributed by atoms with Crippen molar-refractivity contribution >= 4 is 5.97 Å². The molecule has 76 valence electrons. The lowest BCUT2D eigenvalue weighted by Crippen LogP contribution is -2.28. The average molecular weight is 186 g/mol. The van der Waals surface area contributed by atoms with E-state index in [1.165, 1.54) is 0 Å². The first-order valence-electron chi connectivity index (χ1n) is 4.83. The molecule has 0 heterocycles. The first kappa shape index (κ1) is 10.5. The van der Waals surface area contributed by atoms with E-state index in [0.717, 1.165) is 19.3 Å². The normalized spacial score (nSPS) is 29.2. The quantitative estimate of drug-likeness (QED) is 0.704. The summed E-state index contributed by atoms with van der Waals surface area (Å²) in [6.45, 7) is 3.61. The Bertz CT molecular complexity index is 193. The van der Waals surface area contributed by atoms with E-state index in [2.05, 4.69) is 0 Å². The molecule has 0 spiro atoms. The number of carbonyl (C=O) groups is 1. The van der Waals surface area contributed by atoms with Gasteiger partial charge in [0, 0.05) is 6.42 Å². The summed E-state index contributed by atoms with van der Waals surface area (Å²) in [7, 11) is 0. The molecule has 1 rings (SSSR count). The SMILES string of the molecule is CC(C)(O)C1CCC(CC(=O)O)C1. The fourth-order valence-electron chi connectivity index (χ4n) is 2.15. The minimum atomic E-state index is -0.721. The molecule has 0 radical (unpaired) electrons. The maximum Gasteiger partial charge on any atom is 0.303 e. The number of carboxylic acids is 1. The first-order chi connectivity index (χ1) is 5.89. The summed E-state index contributed by atoms with van der Waals surface area (Å²) < 4.78 is 0. The van der Waals surface area contributed by atoms with Gasteiger partial charge in [-0.2, -0.15) is 0 Å². The molecular weight excluding hydrogens is 168 g/mol. The summed E-state index contributed by atoms with van der Waals surface area (Å²) in [5, 5.41) is 18.3. The molecule has 1 saturated carbocycles. The molecule has 0 amide bonds. The lowest BCUT2D eigenvalue weighted by Gasteiger charge is -2.25. The second-order valence-corrected chi connectivity index (χ2v) is 4.63. The van der Waals surface area contributed by atoms with Crippen LogP contribution in [0.25, 0.3) is 0 Å². The van der Waals surface area contributed by atoms with Gasteiger partial charge in [0.25, 0.3) is 0 Å². The smallest absolute Gasteiger partial charge is 0.303 e. The minimum Gasteiger partial charge on any atom is -0.481 e. The van der Waals surface area contributed by atoms with Gasteiger partial charge in [-0.05, 0) is 44.9 Å². The third kappa shape index (κ3) is 2.99. The zero-order chi connectivity index (χ0) is 10.1. The highest BCUT2D eigenvalue weighted by molar-refractivity contribution is 5.67. The Labute approximate surface area is 78.8 Å². The largest absolute Gasteiger partial charge is 0.481 e. The monoisotopic (exact) mass is 186 g/mol. The van der Waals surface area contributed by atoms with Crippen LogP contribution in [0.2, 0.25) is 0 Å². The molecule has 0 aromatic heterocycles. The summed E-state index contributed by atoms with van der Waals surface area (Å²) >= 11 is 0. The van der Waals surface area contributed by atoms with E-state index in [4.69, 9.17) is 5.11 Å². The Morgan fingerprint density at radius 2 is 2.08 bits per heavy atom. The molecule has 1 aliphatic rings. The lowest BCUT2D eigenvalue weighted by atomic mass is 9.88. The minimum absolute atomic E-state index is 0.257. The molecule has 0 saturated heterocycles. The van der Waals surface area contributed by atoms with Gasteiger partial charge in [-0.25, -0.2) is 0 Å². The van der Waals surface area contributed by atoms with Crippen molar-refractivity contribution in [3.63, 3.8) is 0 Å². The van der Waals surface area contributed by atoms with Gasteiger partial charge >= 0.3 is 5.97 Å². The predicted molar refractivity (Wildman–Crippen MR) is 49.4 cm³/mol. The Morgan fingerprint density at radius 1 is 1.46 bits per heavy atom. The fourth-order valence-corrected chi connectivity index (χ4v) is 2.15. The van der Waals surface area contributed by atoms with Crippen molar-refractivity contribution in [2.75, 3.05) is 0 Å². The van der Waals surface area contributed by atoms with Crippen molar-refractivity contribution < 1.29 is 15.0 Å². The first-order valence-corrected chi connectivity index (χ1v) is 4.83. The molecule has 0 aliphatic heterocycles. The molecule has 3 heteroatoms. The topological polar surface area (TPSA) is 57.5 Å². The van der Waals surface area contributed by atoms with Gasteiger partial charge in [0.1, 0.15) is 0 Å². The van der Waals surface area contributed by atoms with Crippen LogP contribution >= 0.6 is 0 Å². The number of hydrogen-bond donors (Lipinski definition) is 2. The third-order valence-corrected chi connectivity index (χ3v) is 3.00. The molecule has 2 atom stereocenters. The molecule has 13 heavy (non-hydrogen) atoms. The number of carboxylic acid groups (broad SMARTS) is 1. The van der Waals surface area contributed by atoms with Gasteiger partial charge in [0.2, 0.25) is 0 Å². The van der Waals surface area contributed by atoms with Gasteiger partial charge in [0.15, 0.2) is 0 Å². The zero-order valence-corrected chi connectivity index (χ0v) is 8.29. The Balaban J connectivity index is 2.41. The van der Waals surface area contributed by atoms with Crippen LogP contribution < -0.4 is 0 Å². The lowest BCUT2D eigenvalue weighted by molar-refractivity contribution is -0.138. The van der Waals surface area contributed by atoms with Crippen molar-refractivity contribution in [3.8, 4) is 0 Å². The van der Waals surface area contributed by atoms with Gasteiger partial charge in [-0.15, -0.1) is 0 Å². The van der Waals surface area contributed by atoms with Crippen molar-refractivity contribution in [1.29, 1.82) is 0 Å². The second-order valence-electron chi connectivity index (χ2n) is 4.63. The van der Waals surface area contributed by atoms with Crippen LogP contribution in [0.3, 0.4) is 0 Å². The van der Waals surface area contributed by atoms with Crippen molar-refractivity contribution in [1.82, 2.24) is 0 Å². The van der Waals surface area contributed by atoms with E-state index in [-0.39, 0.29) is 18.3 Å². The van der Waals surface area contributed by atoms with Crippen LogP contribution in [0.15, 0.2) is 0 Å². The van der Waals surface area contributed by atoms with Crippen LogP contribution in [0, 0.1) is 11.8 Å². The maximum atomic E-state index is 10.4. The molecule has 0 aromatic carbocycles. The predicted octanol–water partition coefficient (Wildman–Crippen LogP) is 1.65. The van der Waals surface area contributed by atoms with E-state index < -0.39 is 11.6 Å². The van der Waals surface area contributed by atoms with Crippen LogP contribution in [0.4, 0.5) is 0 Å². The van der Waals surface area contributed by atoms with Gasteiger partial charge < -0.3 is 10.2 Å². The van der Waals surface area contributed by atoms with Crippen molar-refractivity contribution in [3.05, 3.63) is 0 Å². The molecule has 1 fully saturated rings. The Hall–Kier alpha value is -0.570. The number of rotatable bonds is 3. The van der Waals surface area contributed by atoms with Gasteiger partial charge in [-0.1, -0.05) is 0 Å². The summed E-state index contributed by atoms with van der Waals surface area (Å²) in [5.74, 6) is -0.174. The summed E-state index contributed by atoms with van der Waals surface area (Å²) in [5.41, 5.74) is -0.646. The highest BCUT2D eigenvalue weighted by atomic mass is 16.4. The summed E-state index contributed by atoms with van der Waals surface area (Å²) in [4.78, 5) is 10.4. The van der Waals surface area contributed by atoms with E-state index in [1.807, 2.05) is 0 Å². The molecule has 1 aliphatic carbocycles. The second kappa shape index (κ2) is 3.66. The van der Waals surface area contributed by atoms with Crippen LogP contribution in [-0.4, -0.2) is 21.8 Å². The Morgan fingerprint density at radius 3 is 2.46 bits per heavy atom. The van der Waals surface area contributed by atoms with Crippen LogP contribution in [0.1, 0.15) is 39.5 Å². The third-order valence-electron chi connectivity index (χ3n) is 3.00. The van der Waals surface area contributed by atoms with E-state index in [9.17, 15) is 9.90 Å². The van der Waals surface area contributed by atoms with E-state index in [0.29, 0.717) is 0 Å². The van der Waals surface area contributed by atoms with Crippen molar-refractivity contribution in [2.45, 2.75) is 45.1 Å². The van der Waals surface area contributed by atoms with Crippen molar-refractivity contribution in [2.24, 2.45) is 11.8 Å². The zero-order valence-electron chi connectivity index (χ0n) is 8.29. The van der Waals surface area contributed by atoms with E-state index >= 15 is 0 Å². The fraction of sp³-hybridized carbons (Fsp3) is 0.900. The maximum absolute atomic E-state index is 10.4. The standard InChI is InChI=1S/C10H18O3/c1-10(2,13)8-4-3-7(5-8)6-9(11)12/h7-8,13H,3-6H2,1-2H3,(H,11,12). The van der Waals surface area contributed by atoms with Crippen LogP contribution in [0.5, 0.6) is 0 Å². The Kier molecular flexibility index (Phi) is 2.96. The number of aliphatic hydroxyl groups is 1. The van der Waals surface area contributed by atoms with Gasteiger partial charge in [0.05, 0.1) is 5.60 Å². The summed E-state index contributed by atoms with van der Waals surface area (Å²) in [6.07, 6.45) is 3.02. The molecule has 0 aromatic rings. The molecule has 3 nitrogen and oxygen atoms in total. The number of aliphatic carboxylic acids is 1. The molecule has 2 unspecified atom stereocenters.